The molecular formula is C12H15N3O4S. The number of hydrogen-bond acceptors (Lipinski definition) is 6. The summed E-state index contributed by atoms with van der Waals surface area (Å²) in [5.74, 6) is 0. The van der Waals surface area contributed by atoms with Crippen molar-refractivity contribution in [2.75, 3.05) is 19.8 Å². The van der Waals surface area contributed by atoms with Gasteiger partial charge in [-0.1, -0.05) is 0 Å². The minimum Gasteiger partial charge on any atom is -0.394 e. The molecule has 0 bridgehead atoms. The number of hydrogen-bond donors (Lipinski definition) is 1. The summed E-state index contributed by atoms with van der Waals surface area (Å²) in [5, 5.41) is 18.1. The highest BCUT2D eigenvalue weighted by Gasteiger charge is 2.36. The molecule has 1 N–H and O–H groups in total. The predicted molar refractivity (Wildman–Crippen MR) is 69.1 cm³/mol. The summed E-state index contributed by atoms with van der Waals surface area (Å²) in [5.41, 5.74) is -0.133. The number of nitrogens with zero attached hydrogens (tertiary/aromatic N) is 3. The Hall–Kier alpha value is -1.53. The standard InChI is InChI=1S/C12H15N3O4S/c1-9-8-19-10(7-16)6-15(9)20(17,18)12-3-2-4-14-11(12)5-13/h2-4,9-10,16H,6-8H2,1H3. The third-order valence-electron chi connectivity index (χ3n) is 3.12. The zero-order valence-electron chi connectivity index (χ0n) is 10.9. The summed E-state index contributed by atoms with van der Waals surface area (Å²) in [6.45, 7) is 1.72. The first kappa shape index (κ1) is 14.9. The SMILES string of the molecule is CC1COC(CO)CN1S(=O)(=O)c1cccnc1C#N. The van der Waals surface area contributed by atoms with E-state index in [2.05, 4.69) is 4.98 Å². The normalized spacial score (nSPS) is 24.2. The fraction of sp³-hybridized carbons (Fsp3) is 0.500. The second kappa shape index (κ2) is 5.85. The molecule has 2 rings (SSSR count). The Labute approximate surface area is 117 Å². The fourth-order valence-corrected chi connectivity index (χ4v) is 3.79. The molecule has 1 aliphatic rings. The summed E-state index contributed by atoms with van der Waals surface area (Å²) < 4.78 is 31.8. The molecule has 0 aromatic carbocycles. The van der Waals surface area contributed by atoms with Gasteiger partial charge in [-0.2, -0.15) is 9.57 Å². The van der Waals surface area contributed by atoms with Crippen molar-refractivity contribution in [3.8, 4) is 6.07 Å². The van der Waals surface area contributed by atoms with E-state index in [4.69, 9.17) is 15.1 Å². The molecule has 2 unspecified atom stereocenters. The lowest BCUT2D eigenvalue weighted by Gasteiger charge is -2.36. The summed E-state index contributed by atoms with van der Waals surface area (Å²) in [6, 6.07) is 4.25. The van der Waals surface area contributed by atoms with E-state index in [1.165, 1.54) is 22.6 Å². The number of ether oxygens (including phenoxy) is 1. The number of aromatic nitrogens is 1. The molecule has 1 fully saturated rings. The molecule has 1 saturated heterocycles. The Morgan fingerprint density at radius 2 is 2.40 bits per heavy atom. The van der Waals surface area contributed by atoms with Crippen LogP contribution in [0.2, 0.25) is 0 Å². The maximum atomic E-state index is 12.6. The van der Waals surface area contributed by atoms with Gasteiger partial charge in [-0.15, -0.1) is 0 Å². The van der Waals surface area contributed by atoms with Crippen LogP contribution in [0.3, 0.4) is 0 Å². The Bertz CT molecular complexity index is 626. The van der Waals surface area contributed by atoms with Crippen LogP contribution in [0.1, 0.15) is 12.6 Å². The average Bonchev–Trinajstić information content (AvgIpc) is 2.47. The van der Waals surface area contributed by atoms with E-state index in [1.54, 1.807) is 13.0 Å². The maximum Gasteiger partial charge on any atom is 0.246 e. The Morgan fingerprint density at radius 1 is 1.65 bits per heavy atom. The van der Waals surface area contributed by atoms with Crippen molar-refractivity contribution in [3.63, 3.8) is 0 Å². The van der Waals surface area contributed by atoms with E-state index in [0.29, 0.717) is 0 Å². The van der Waals surface area contributed by atoms with E-state index in [1.807, 2.05) is 0 Å². The molecule has 7 nitrogen and oxygen atoms in total. The smallest absolute Gasteiger partial charge is 0.246 e. The van der Waals surface area contributed by atoms with Crippen molar-refractivity contribution in [2.24, 2.45) is 0 Å². The molecule has 1 aromatic heterocycles. The largest absolute Gasteiger partial charge is 0.394 e. The average molecular weight is 297 g/mol. The van der Waals surface area contributed by atoms with Gasteiger partial charge < -0.3 is 9.84 Å². The number of aliphatic hydroxyl groups excluding tert-OH is 1. The van der Waals surface area contributed by atoms with Crippen molar-refractivity contribution >= 4 is 10.0 Å². The van der Waals surface area contributed by atoms with Gasteiger partial charge in [0.1, 0.15) is 11.0 Å². The van der Waals surface area contributed by atoms with Gasteiger partial charge in [0.2, 0.25) is 10.0 Å². The molecule has 0 radical (unpaired) electrons. The second-order valence-corrected chi connectivity index (χ2v) is 6.38. The van der Waals surface area contributed by atoms with Crippen LogP contribution in [0, 0.1) is 11.3 Å². The summed E-state index contributed by atoms with van der Waals surface area (Å²) >= 11 is 0. The summed E-state index contributed by atoms with van der Waals surface area (Å²) in [6.07, 6.45) is 0.819. The zero-order valence-corrected chi connectivity index (χ0v) is 11.7. The van der Waals surface area contributed by atoms with E-state index in [0.717, 1.165) is 0 Å². The van der Waals surface area contributed by atoms with Crippen LogP contribution < -0.4 is 0 Å². The molecule has 0 spiro atoms. The molecule has 2 atom stereocenters. The molecular weight excluding hydrogens is 282 g/mol. The third-order valence-corrected chi connectivity index (χ3v) is 5.13. The molecule has 20 heavy (non-hydrogen) atoms. The van der Waals surface area contributed by atoms with Crippen LogP contribution in [0.25, 0.3) is 0 Å². The molecule has 108 valence electrons. The van der Waals surface area contributed by atoms with Gasteiger partial charge in [-0.25, -0.2) is 13.4 Å². The number of aliphatic hydroxyl groups is 1. The minimum atomic E-state index is -3.84. The molecule has 8 heteroatoms. The third kappa shape index (κ3) is 2.66. The number of morpholine rings is 1. The highest BCUT2D eigenvalue weighted by Crippen LogP contribution is 2.23. The van der Waals surface area contributed by atoms with Crippen molar-refractivity contribution in [1.82, 2.24) is 9.29 Å². The van der Waals surface area contributed by atoms with Gasteiger partial charge in [0.05, 0.1) is 19.3 Å². The van der Waals surface area contributed by atoms with Gasteiger partial charge >= 0.3 is 0 Å². The monoisotopic (exact) mass is 297 g/mol. The highest BCUT2D eigenvalue weighted by molar-refractivity contribution is 7.89. The van der Waals surface area contributed by atoms with Gasteiger partial charge in [0, 0.05) is 18.8 Å². The molecule has 1 aromatic rings. The van der Waals surface area contributed by atoms with Crippen molar-refractivity contribution < 1.29 is 18.3 Å². The van der Waals surface area contributed by atoms with Gasteiger partial charge in [-0.3, -0.25) is 0 Å². The topological polar surface area (TPSA) is 104 Å². The van der Waals surface area contributed by atoms with Crippen molar-refractivity contribution in [2.45, 2.75) is 24.0 Å². The first-order valence-corrected chi connectivity index (χ1v) is 7.54. The summed E-state index contributed by atoms with van der Waals surface area (Å²) in [7, 11) is -3.84. The van der Waals surface area contributed by atoms with Crippen LogP contribution in [0.15, 0.2) is 23.2 Å². The maximum absolute atomic E-state index is 12.6. The molecule has 0 amide bonds. The predicted octanol–water partition coefficient (Wildman–Crippen LogP) is -0.276. The molecule has 0 aliphatic carbocycles. The fourth-order valence-electron chi connectivity index (χ4n) is 2.05. The Kier molecular flexibility index (Phi) is 4.35. The number of pyridine rings is 1. The van der Waals surface area contributed by atoms with Gasteiger partial charge in [0.25, 0.3) is 0 Å². The lowest BCUT2D eigenvalue weighted by atomic mass is 10.2. The molecule has 0 saturated carbocycles. The van der Waals surface area contributed by atoms with Crippen LogP contribution >= 0.6 is 0 Å². The summed E-state index contributed by atoms with van der Waals surface area (Å²) in [4.78, 5) is 3.66. The number of rotatable bonds is 3. The van der Waals surface area contributed by atoms with Crippen molar-refractivity contribution in [3.05, 3.63) is 24.0 Å². The van der Waals surface area contributed by atoms with E-state index < -0.39 is 16.1 Å². The highest BCUT2D eigenvalue weighted by atomic mass is 32.2. The van der Waals surface area contributed by atoms with E-state index in [9.17, 15) is 8.42 Å². The van der Waals surface area contributed by atoms with Crippen molar-refractivity contribution in [1.29, 1.82) is 5.26 Å². The lowest BCUT2D eigenvalue weighted by molar-refractivity contribution is -0.0516. The van der Waals surface area contributed by atoms with E-state index in [-0.39, 0.29) is 36.4 Å². The van der Waals surface area contributed by atoms with Crippen LogP contribution in [0.4, 0.5) is 0 Å². The molecule has 2 heterocycles. The molecule has 1 aliphatic heterocycles. The zero-order chi connectivity index (χ0) is 14.8. The van der Waals surface area contributed by atoms with Crippen LogP contribution in [-0.4, -0.2) is 54.7 Å². The van der Waals surface area contributed by atoms with Gasteiger partial charge in [-0.05, 0) is 19.1 Å². The number of sulfonamides is 1. The van der Waals surface area contributed by atoms with Crippen LogP contribution in [0.5, 0.6) is 0 Å². The Morgan fingerprint density at radius 3 is 3.05 bits per heavy atom. The second-order valence-electron chi connectivity index (χ2n) is 4.52. The first-order valence-electron chi connectivity index (χ1n) is 6.10. The first-order chi connectivity index (χ1) is 9.50. The minimum absolute atomic E-state index is 0.0553. The van der Waals surface area contributed by atoms with Gasteiger partial charge in [0.15, 0.2) is 5.69 Å². The van der Waals surface area contributed by atoms with E-state index >= 15 is 0 Å². The Balaban J connectivity index is 2.41. The number of nitriles is 1. The van der Waals surface area contributed by atoms with Crippen LogP contribution in [-0.2, 0) is 14.8 Å². The quantitative estimate of drug-likeness (QED) is 0.823. The lowest BCUT2D eigenvalue weighted by Crippen LogP contribution is -2.52.